The van der Waals surface area contributed by atoms with Crippen LogP contribution in [0.1, 0.15) is 17.5 Å². The van der Waals surface area contributed by atoms with E-state index >= 15 is 0 Å². The van der Waals surface area contributed by atoms with Crippen molar-refractivity contribution in [2.45, 2.75) is 24.8 Å². The van der Waals surface area contributed by atoms with Crippen LogP contribution in [0.15, 0.2) is 45.8 Å². The van der Waals surface area contributed by atoms with Crippen LogP contribution in [0, 0.1) is 0 Å². The molecule has 1 aliphatic rings. The number of hydrogen-bond acceptors (Lipinski definition) is 3. The molecule has 0 aliphatic carbocycles. The Labute approximate surface area is 158 Å². The number of rotatable bonds is 5. The molecule has 1 aliphatic heterocycles. The van der Waals surface area contributed by atoms with E-state index in [-0.39, 0.29) is 17.9 Å². The first kappa shape index (κ1) is 18.2. The molecule has 7 heteroatoms. The summed E-state index contributed by atoms with van der Waals surface area (Å²) in [5.74, 6) is -0.134. The minimum absolute atomic E-state index is 0.132. The van der Waals surface area contributed by atoms with E-state index in [1.807, 2.05) is 24.3 Å². The fraction of sp³-hybridized carbons (Fsp3) is 0.333. The van der Waals surface area contributed by atoms with E-state index in [2.05, 4.69) is 26.2 Å². The van der Waals surface area contributed by atoms with E-state index in [4.69, 9.17) is 16.3 Å². The van der Waals surface area contributed by atoms with E-state index < -0.39 is 5.54 Å². The summed E-state index contributed by atoms with van der Waals surface area (Å²) in [6, 6.07) is 9.33. The van der Waals surface area contributed by atoms with E-state index in [1.165, 1.54) is 6.20 Å². The number of ether oxygens (including phenoxy) is 1. The molecule has 1 saturated heterocycles. The molecule has 0 spiro atoms. The Morgan fingerprint density at radius 3 is 2.76 bits per heavy atom. The van der Waals surface area contributed by atoms with Crippen molar-refractivity contribution in [1.82, 2.24) is 10.3 Å². The van der Waals surface area contributed by atoms with Crippen LogP contribution in [-0.4, -0.2) is 29.6 Å². The normalized spacial score (nSPS) is 19.8. The predicted molar refractivity (Wildman–Crippen MR) is 99.9 cm³/mol. The van der Waals surface area contributed by atoms with Gasteiger partial charge in [-0.2, -0.15) is 0 Å². The van der Waals surface area contributed by atoms with Crippen LogP contribution in [0.4, 0.5) is 0 Å². The molecule has 5 nitrogen and oxygen atoms in total. The zero-order valence-corrected chi connectivity index (χ0v) is 15.8. The number of amides is 1. The van der Waals surface area contributed by atoms with Crippen LogP contribution in [0.25, 0.3) is 0 Å². The molecule has 1 fully saturated rings. The summed E-state index contributed by atoms with van der Waals surface area (Å²) < 4.78 is 5.93. The van der Waals surface area contributed by atoms with E-state index in [0.29, 0.717) is 34.7 Å². The maximum absolute atomic E-state index is 12.6. The molecule has 1 amide bonds. The molecule has 0 bridgehead atoms. The zero-order chi connectivity index (χ0) is 17.9. The van der Waals surface area contributed by atoms with Gasteiger partial charge in [-0.05, 0) is 58.1 Å². The van der Waals surface area contributed by atoms with Crippen molar-refractivity contribution in [2.75, 3.05) is 13.2 Å². The first-order chi connectivity index (χ1) is 12.0. The second-order valence-electron chi connectivity index (χ2n) is 6.26. The summed E-state index contributed by atoms with van der Waals surface area (Å²) in [6.07, 6.45) is 3.09. The third-order valence-corrected chi connectivity index (χ3v) is 5.42. The Hall–Kier alpha value is -1.63. The first-order valence-corrected chi connectivity index (χ1v) is 9.14. The standard InChI is InChI=1S/C18H18BrClN2O3/c19-16-13(5-7-21-17(16)24)9-15(23)22-18(6-8-25-11-18)10-12-1-3-14(20)4-2-12/h1-5,7H,6,8-11H2,(H,21,24)(H,22,23). The van der Waals surface area contributed by atoms with Crippen LogP contribution < -0.4 is 10.9 Å². The van der Waals surface area contributed by atoms with Crippen molar-refractivity contribution in [2.24, 2.45) is 0 Å². The largest absolute Gasteiger partial charge is 0.379 e. The maximum atomic E-state index is 12.6. The quantitative estimate of drug-likeness (QED) is 0.774. The average molecular weight is 426 g/mol. The minimum Gasteiger partial charge on any atom is -0.379 e. The van der Waals surface area contributed by atoms with Gasteiger partial charge in [-0.25, -0.2) is 0 Å². The molecule has 25 heavy (non-hydrogen) atoms. The number of aromatic amines is 1. The third kappa shape index (κ3) is 4.51. The minimum atomic E-state index is -0.432. The number of aromatic nitrogens is 1. The Morgan fingerprint density at radius 2 is 2.08 bits per heavy atom. The highest BCUT2D eigenvalue weighted by molar-refractivity contribution is 9.10. The molecule has 132 valence electrons. The fourth-order valence-electron chi connectivity index (χ4n) is 3.03. The number of benzene rings is 1. The van der Waals surface area contributed by atoms with E-state index in [9.17, 15) is 9.59 Å². The van der Waals surface area contributed by atoms with Gasteiger partial charge in [0.2, 0.25) is 5.91 Å². The number of carbonyl (C=O) groups excluding carboxylic acids is 1. The van der Waals surface area contributed by atoms with Crippen LogP contribution in [-0.2, 0) is 22.4 Å². The summed E-state index contributed by atoms with van der Waals surface area (Å²) >= 11 is 9.17. The summed E-state index contributed by atoms with van der Waals surface area (Å²) in [6.45, 7) is 1.08. The van der Waals surface area contributed by atoms with Gasteiger partial charge in [0.25, 0.3) is 5.56 Å². The van der Waals surface area contributed by atoms with Crippen molar-refractivity contribution in [3.05, 3.63) is 67.5 Å². The maximum Gasteiger partial charge on any atom is 0.262 e. The number of halogens is 2. The summed E-state index contributed by atoms with van der Waals surface area (Å²) in [5, 5.41) is 3.80. The second-order valence-corrected chi connectivity index (χ2v) is 7.49. The monoisotopic (exact) mass is 424 g/mol. The number of nitrogens with one attached hydrogen (secondary N) is 2. The van der Waals surface area contributed by atoms with Gasteiger partial charge in [0, 0.05) is 17.8 Å². The molecule has 2 aromatic rings. The lowest BCUT2D eigenvalue weighted by atomic mass is 9.89. The third-order valence-electron chi connectivity index (χ3n) is 4.29. The summed E-state index contributed by atoms with van der Waals surface area (Å²) in [4.78, 5) is 26.8. The zero-order valence-electron chi connectivity index (χ0n) is 13.5. The Bertz CT molecular complexity index is 814. The number of carbonyl (C=O) groups is 1. The van der Waals surface area contributed by atoms with Gasteiger partial charge in [0.15, 0.2) is 0 Å². The molecule has 2 N–H and O–H groups in total. The Morgan fingerprint density at radius 1 is 1.32 bits per heavy atom. The average Bonchev–Trinajstić information content (AvgIpc) is 3.02. The Balaban J connectivity index is 1.72. The molecule has 1 unspecified atom stereocenters. The predicted octanol–water partition coefficient (Wildman–Crippen LogP) is 2.85. The highest BCUT2D eigenvalue weighted by Gasteiger charge is 2.36. The molecule has 1 aromatic heterocycles. The smallest absolute Gasteiger partial charge is 0.262 e. The molecule has 2 heterocycles. The number of hydrogen-bond donors (Lipinski definition) is 2. The van der Waals surface area contributed by atoms with Crippen LogP contribution in [0.2, 0.25) is 5.02 Å². The van der Waals surface area contributed by atoms with Gasteiger partial charge in [0.1, 0.15) is 0 Å². The molecule has 0 radical (unpaired) electrons. The van der Waals surface area contributed by atoms with Crippen molar-refractivity contribution in [1.29, 1.82) is 0 Å². The summed E-state index contributed by atoms with van der Waals surface area (Å²) in [7, 11) is 0. The van der Waals surface area contributed by atoms with Crippen molar-refractivity contribution >= 4 is 33.4 Å². The van der Waals surface area contributed by atoms with Gasteiger partial charge in [-0.3, -0.25) is 9.59 Å². The molecule has 0 saturated carbocycles. The fourth-order valence-corrected chi connectivity index (χ4v) is 3.54. The Kier molecular flexibility index (Phi) is 5.61. The van der Waals surface area contributed by atoms with Crippen molar-refractivity contribution in [3.63, 3.8) is 0 Å². The highest BCUT2D eigenvalue weighted by Crippen LogP contribution is 2.25. The van der Waals surface area contributed by atoms with Crippen molar-refractivity contribution in [3.8, 4) is 0 Å². The van der Waals surface area contributed by atoms with E-state index in [0.717, 1.165) is 12.0 Å². The molecule has 3 rings (SSSR count). The van der Waals surface area contributed by atoms with Crippen LogP contribution in [0.5, 0.6) is 0 Å². The lowest BCUT2D eigenvalue weighted by molar-refractivity contribution is -0.122. The lowest BCUT2D eigenvalue weighted by Gasteiger charge is -2.29. The number of pyridine rings is 1. The van der Waals surface area contributed by atoms with Crippen LogP contribution >= 0.6 is 27.5 Å². The molecular formula is C18H18BrClN2O3. The van der Waals surface area contributed by atoms with Gasteiger partial charge >= 0.3 is 0 Å². The van der Waals surface area contributed by atoms with Gasteiger partial charge in [0.05, 0.1) is 23.0 Å². The SMILES string of the molecule is O=C(Cc1cc[nH]c(=O)c1Br)NC1(Cc2ccc(Cl)cc2)CCOC1. The second kappa shape index (κ2) is 7.72. The topological polar surface area (TPSA) is 71.2 Å². The van der Waals surface area contributed by atoms with Gasteiger partial charge < -0.3 is 15.0 Å². The lowest BCUT2D eigenvalue weighted by Crippen LogP contribution is -2.51. The summed E-state index contributed by atoms with van der Waals surface area (Å²) in [5.41, 5.74) is 1.07. The molecular weight excluding hydrogens is 408 g/mol. The van der Waals surface area contributed by atoms with Crippen molar-refractivity contribution < 1.29 is 9.53 Å². The molecule has 1 aromatic carbocycles. The van der Waals surface area contributed by atoms with Gasteiger partial charge in [-0.15, -0.1) is 0 Å². The van der Waals surface area contributed by atoms with Crippen LogP contribution in [0.3, 0.4) is 0 Å². The number of H-pyrrole nitrogens is 1. The van der Waals surface area contributed by atoms with E-state index in [1.54, 1.807) is 6.07 Å². The first-order valence-electron chi connectivity index (χ1n) is 7.97. The van der Waals surface area contributed by atoms with Gasteiger partial charge in [-0.1, -0.05) is 23.7 Å². The highest BCUT2D eigenvalue weighted by atomic mass is 79.9. The molecule has 1 atom stereocenters.